The quantitative estimate of drug-likeness (QED) is 0.571. The minimum atomic E-state index is -0.0391. The second-order valence-corrected chi connectivity index (χ2v) is 3.14. The molecule has 0 bridgehead atoms. The summed E-state index contributed by atoms with van der Waals surface area (Å²) in [5.74, 6) is 0.651. The summed E-state index contributed by atoms with van der Waals surface area (Å²) in [4.78, 5) is 4.27. The zero-order valence-electron chi connectivity index (χ0n) is 8.32. The molecule has 1 aromatic carbocycles. The predicted molar refractivity (Wildman–Crippen MR) is 59.3 cm³/mol. The first-order chi connectivity index (χ1) is 7.22. The van der Waals surface area contributed by atoms with Crippen LogP contribution in [0.1, 0.15) is 5.69 Å². The van der Waals surface area contributed by atoms with Crippen LogP contribution in [0, 0.1) is 5.41 Å². The number of hydrogen-bond donors (Lipinski definition) is 2. The molecule has 0 amide bonds. The third-order valence-electron chi connectivity index (χ3n) is 2.18. The van der Waals surface area contributed by atoms with Crippen LogP contribution in [0.4, 0.5) is 0 Å². The van der Waals surface area contributed by atoms with E-state index >= 15 is 0 Å². The van der Waals surface area contributed by atoms with Crippen molar-refractivity contribution in [2.45, 2.75) is 0 Å². The maximum absolute atomic E-state index is 7.31. The normalized spacial score (nSPS) is 10.2. The first-order valence-electron chi connectivity index (χ1n) is 4.50. The summed E-state index contributed by atoms with van der Waals surface area (Å²) < 4.78 is 5.19. The van der Waals surface area contributed by atoms with Crippen molar-refractivity contribution in [3.8, 4) is 5.75 Å². The van der Waals surface area contributed by atoms with Gasteiger partial charge in [-0.2, -0.15) is 0 Å². The molecule has 0 fully saturated rings. The van der Waals surface area contributed by atoms with Crippen LogP contribution in [0.15, 0.2) is 30.3 Å². The van der Waals surface area contributed by atoms with E-state index in [1.807, 2.05) is 24.3 Å². The number of nitrogens with two attached hydrogens (primary N) is 1. The molecule has 0 saturated carbocycles. The Morgan fingerprint density at radius 3 is 2.80 bits per heavy atom. The van der Waals surface area contributed by atoms with Crippen molar-refractivity contribution in [3.05, 3.63) is 36.0 Å². The van der Waals surface area contributed by atoms with Crippen LogP contribution in [0.3, 0.4) is 0 Å². The monoisotopic (exact) mass is 201 g/mol. The van der Waals surface area contributed by atoms with Gasteiger partial charge in [-0.25, -0.2) is 4.98 Å². The van der Waals surface area contributed by atoms with E-state index in [0.717, 1.165) is 10.9 Å². The standard InChI is InChI=1S/C11H11N3O/c1-15-9-4-2-3-7-5-6-8(11(12)13)14-10(7)9/h2-6H,1H3,(H3,12,13). The Balaban J connectivity index is 2.72. The Bertz CT molecular complexity index is 522. The van der Waals surface area contributed by atoms with Crippen LogP contribution < -0.4 is 10.5 Å². The fourth-order valence-electron chi connectivity index (χ4n) is 1.43. The zero-order chi connectivity index (χ0) is 10.8. The molecule has 0 aliphatic carbocycles. The molecule has 0 spiro atoms. The highest BCUT2D eigenvalue weighted by molar-refractivity contribution is 5.96. The van der Waals surface area contributed by atoms with Crippen molar-refractivity contribution in [3.63, 3.8) is 0 Å². The molecular weight excluding hydrogens is 190 g/mol. The van der Waals surface area contributed by atoms with Crippen LogP contribution in [0.5, 0.6) is 5.75 Å². The highest BCUT2D eigenvalue weighted by Crippen LogP contribution is 2.23. The highest BCUT2D eigenvalue weighted by Gasteiger charge is 2.04. The molecule has 3 N–H and O–H groups in total. The molecule has 15 heavy (non-hydrogen) atoms. The molecule has 0 aliphatic heterocycles. The van der Waals surface area contributed by atoms with Crippen LogP contribution in [0.25, 0.3) is 10.9 Å². The van der Waals surface area contributed by atoms with E-state index in [1.165, 1.54) is 0 Å². The molecule has 2 aromatic rings. The minimum Gasteiger partial charge on any atom is -0.494 e. The average molecular weight is 201 g/mol. The predicted octanol–water partition coefficient (Wildman–Crippen LogP) is 1.53. The molecule has 0 unspecified atom stereocenters. The Morgan fingerprint density at radius 2 is 2.13 bits per heavy atom. The lowest BCUT2D eigenvalue weighted by Gasteiger charge is -2.05. The van der Waals surface area contributed by atoms with Gasteiger partial charge in [-0.05, 0) is 12.1 Å². The largest absolute Gasteiger partial charge is 0.494 e. The van der Waals surface area contributed by atoms with Crippen molar-refractivity contribution < 1.29 is 4.74 Å². The second kappa shape index (κ2) is 3.57. The van der Waals surface area contributed by atoms with Crippen LogP contribution >= 0.6 is 0 Å². The van der Waals surface area contributed by atoms with Gasteiger partial charge in [0, 0.05) is 5.39 Å². The second-order valence-electron chi connectivity index (χ2n) is 3.14. The SMILES string of the molecule is COc1cccc2ccc(C(=N)N)nc12. The van der Waals surface area contributed by atoms with Gasteiger partial charge in [-0.1, -0.05) is 18.2 Å². The fourth-order valence-corrected chi connectivity index (χ4v) is 1.43. The van der Waals surface area contributed by atoms with Crippen molar-refractivity contribution in [1.29, 1.82) is 5.41 Å². The summed E-state index contributed by atoms with van der Waals surface area (Å²) >= 11 is 0. The summed E-state index contributed by atoms with van der Waals surface area (Å²) in [6.45, 7) is 0. The van der Waals surface area contributed by atoms with E-state index in [2.05, 4.69) is 4.98 Å². The summed E-state index contributed by atoms with van der Waals surface area (Å²) in [5.41, 5.74) is 6.57. The van der Waals surface area contributed by atoms with Crippen molar-refractivity contribution in [2.75, 3.05) is 7.11 Å². The number of benzene rings is 1. The number of aromatic nitrogens is 1. The summed E-state index contributed by atoms with van der Waals surface area (Å²) in [6.07, 6.45) is 0. The third-order valence-corrected chi connectivity index (χ3v) is 2.18. The van der Waals surface area contributed by atoms with E-state index in [-0.39, 0.29) is 5.84 Å². The topological polar surface area (TPSA) is 72.0 Å². The van der Waals surface area contributed by atoms with Crippen LogP contribution in [-0.2, 0) is 0 Å². The molecule has 0 aliphatic rings. The van der Waals surface area contributed by atoms with Crippen LogP contribution in [-0.4, -0.2) is 17.9 Å². The van der Waals surface area contributed by atoms with E-state index in [1.54, 1.807) is 13.2 Å². The minimum absolute atomic E-state index is 0.0391. The molecule has 1 aromatic heterocycles. The number of methoxy groups -OCH3 is 1. The van der Waals surface area contributed by atoms with Gasteiger partial charge in [0.15, 0.2) is 0 Å². The Labute approximate surface area is 87.2 Å². The van der Waals surface area contributed by atoms with Gasteiger partial charge in [0.25, 0.3) is 0 Å². The van der Waals surface area contributed by atoms with E-state index in [4.69, 9.17) is 15.9 Å². The first-order valence-corrected chi connectivity index (χ1v) is 4.50. The molecule has 0 radical (unpaired) electrons. The smallest absolute Gasteiger partial charge is 0.145 e. The zero-order valence-corrected chi connectivity index (χ0v) is 8.32. The number of rotatable bonds is 2. The lowest BCUT2D eigenvalue weighted by Crippen LogP contribution is -2.12. The number of fused-ring (bicyclic) bond motifs is 1. The van der Waals surface area contributed by atoms with E-state index in [9.17, 15) is 0 Å². The van der Waals surface area contributed by atoms with Crippen molar-refractivity contribution >= 4 is 16.7 Å². The highest BCUT2D eigenvalue weighted by atomic mass is 16.5. The van der Waals surface area contributed by atoms with E-state index in [0.29, 0.717) is 11.4 Å². The number of nitrogens with one attached hydrogen (secondary N) is 1. The Kier molecular flexibility index (Phi) is 2.25. The third kappa shape index (κ3) is 1.61. The molecule has 4 nitrogen and oxygen atoms in total. The summed E-state index contributed by atoms with van der Waals surface area (Å²) in [5, 5.41) is 8.28. The number of pyridine rings is 1. The molecule has 76 valence electrons. The van der Waals surface area contributed by atoms with Crippen molar-refractivity contribution in [1.82, 2.24) is 4.98 Å². The van der Waals surface area contributed by atoms with Gasteiger partial charge >= 0.3 is 0 Å². The maximum atomic E-state index is 7.31. The van der Waals surface area contributed by atoms with Crippen molar-refractivity contribution in [2.24, 2.45) is 5.73 Å². The first kappa shape index (κ1) is 9.45. The van der Waals surface area contributed by atoms with Gasteiger partial charge in [0.2, 0.25) is 0 Å². The molecular formula is C11H11N3O. The number of ether oxygens (including phenoxy) is 1. The van der Waals surface area contributed by atoms with Gasteiger partial charge in [-0.3, -0.25) is 5.41 Å². The summed E-state index contributed by atoms with van der Waals surface area (Å²) in [7, 11) is 1.59. The summed E-state index contributed by atoms with van der Waals surface area (Å²) in [6, 6.07) is 9.27. The number of amidine groups is 1. The number of nitrogens with zero attached hydrogens (tertiary/aromatic N) is 1. The number of nitrogen functional groups attached to an aromatic ring is 1. The molecule has 2 rings (SSSR count). The maximum Gasteiger partial charge on any atom is 0.145 e. The molecule has 0 saturated heterocycles. The molecule has 4 heteroatoms. The number of para-hydroxylation sites is 1. The lowest BCUT2D eigenvalue weighted by atomic mass is 10.2. The van der Waals surface area contributed by atoms with E-state index < -0.39 is 0 Å². The lowest BCUT2D eigenvalue weighted by molar-refractivity contribution is 0.419. The molecule has 1 heterocycles. The number of hydrogen-bond acceptors (Lipinski definition) is 3. The van der Waals surface area contributed by atoms with Crippen LogP contribution in [0.2, 0.25) is 0 Å². The van der Waals surface area contributed by atoms with Gasteiger partial charge in [0.05, 0.1) is 7.11 Å². The van der Waals surface area contributed by atoms with Gasteiger partial charge < -0.3 is 10.5 Å². The molecule has 0 atom stereocenters. The van der Waals surface area contributed by atoms with Gasteiger partial charge in [0.1, 0.15) is 22.8 Å². The Morgan fingerprint density at radius 1 is 1.33 bits per heavy atom. The Hall–Kier alpha value is -2.10. The van der Waals surface area contributed by atoms with Gasteiger partial charge in [-0.15, -0.1) is 0 Å². The fraction of sp³-hybridized carbons (Fsp3) is 0.0909. The average Bonchev–Trinajstić information content (AvgIpc) is 2.27.